The summed E-state index contributed by atoms with van der Waals surface area (Å²) in [6, 6.07) is 4.78. The van der Waals surface area contributed by atoms with Gasteiger partial charge in [0.1, 0.15) is 5.82 Å². The maximum Gasteiger partial charge on any atom is 0.128 e. The molecule has 2 unspecified atom stereocenters. The number of nitrogens with zero attached hydrogens (tertiary/aromatic N) is 2. The average molecular weight is 219 g/mol. The fraction of sp³-hybridized carbons (Fsp3) is 0.615. The van der Waals surface area contributed by atoms with Crippen LogP contribution in [0.3, 0.4) is 0 Å². The van der Waals surface area contributed by atoms with E-state index in [1.165, 1.54) is 24.8 Å². The molecule has 1 aliphatic rings. The monoisotopic (exact) mass is 219 g/mol. The molecule has 0 aliphatic heterocycles. The minimum Gasteiger partial charge on any atom is -0.356 e. The van der Waals surface area contributed by atoms with E-state index in [9.17, 15) is 0 Å². The molecular formula is C13H21N3. The lowest BCUT2D eigenvalue weighted by molar-refractivity contribution is 0.472. The zero-order chi connectivity index (χ0) is 11.5. The highest BCUT2D eigenvalue weighted by Gasteiger charge is 2.29. The summed E-state index contributed by atoms with van der Waals surface area (Å²) in [5.41, 5.74) is 7.02. The summed E-state index contributed by atoms with van der Waals surface area (Å²) in [5.74, 6) is 1.70. The highest BCUT2D eigenvalue weighted by Crippen LogP contribution is 2.30. The number of hydrogen-bond acceptors (Lipinski definition) is 3. The molecule has 3 nitrogen and oxygen atoms in total. The van der Waals surface area contributed by atoms with Crippen molar-refractivity contribution in [1.29, 1.82) is 0 Å². The summed E-state index contributed by atoms with van der Waals surface area (Å²) in [6.45, 7) is 2.86. The van der Waals surface area contributed by atoms with Crippen LogP contribution < -0.4 is 10.6 Å². The fourth-order valence-electron chi connectivity index (χ4n) is 2.64. The van der Waals surface area contributed by atoms with Crippen LogP contribution in [0, 0.1) is 12.8 Å². The topological polar surface area (TPSA) is 42.1 Å². The third kappa shape index (κ3) is 2.19. The third-order valence-corrected chi connectivity index (χ3v) is 3.68. The molecule has 1 fully saturated rings. The number of pyridine rings is 1. The van der Waals surface area contributed by atoms with Gasteiger partial charge in [-0.25, -0.2) is 4.98 Å². The Morgan fingerprint density at radius 1 is 1.44 bits per heavy atom. The number of aryl methyl sites for hydroxylation is 1. The number of nitrogens with two attached hydrogens (primary N) is 1. The molecular weight excluding hydrogens is 198 g/mol. The van der Waals surface area contributed by atoms with Gasteiger partial charge in [0.05, 0.1) is 0 Å². The molecule has 1 heterocycles. The zero-order valence-corrected chi connectivity index (χ0v) is 10.2. The van der Waals surface area contributed by atoms with Crippen LogP contribution in [0.25, 0.3) is 0 Å². The Balaban J connectivity index is 2.12. The first kappa shape index (κ1) is 11.4. The Morgan fingerprint density at radius 3 is 2.88 bits per heavy atom. The van der Waals surface area contributed by atoms with E-state index in [0.717, 1.165) is 12.4 Å². The fourth-order valence-corrected chi connectivity index (χ4v) is 2.64. The van der Waals surface area contributed by atoms with Gasteiger partial charge in [-0.3, -0.25) is 0 Å². The molecule has 0 amide bonds. The third-order valence-electron chi connectivity index (χ3n) is 3.68. The highest BCUT2D eigenvalue weighted by atomic mass is 15.2. The van der Waals surface area contributed by atoms with Crippen LogP contribution in [-0.4, -0.2) is 24.6 Å². The van der Waals surface area contributed by atoms with Crippen molar-refractivity contribution in [2.24, 2.45) is 11.7 Å². The quantitative estimate of drug-likeness (QED) is 0.845. The average Bonchev–Trinajstić information content (AvgIpc) is 2.77. The second kappa shape index (κ2) is 4.83. The predicted octanol–water partition coefficient (Wildman–Crippen LogP) is 1.95. The summed E-state index contributed by atoms with van der Waals surface area (Å²) in [6.07, 6.45) is 5.73. The van der Waals surface area contributed by atoms with Crippen molar-refractivity contribution >= 4 is 5.82 Å². The molecule has 1 aromatic heterocycles. The molecule has 1 aliphatic carbocycles. The van der Waals surface area contributed by atoms with Crippen molar-refractivity contribution in [1.82, 2.24) is 4.98 Å². The normalized spacial score (nSPS) is 24.7. The standard InChI is InChI=1S/C13H21N3/c1-10-6-7-13(15-9-10)16(2)12-5-3-4-11(12)8-14/h6-7,9,11-12H,3-5,8,14H2,1-2H3. The van der Waals surface area contributed by atoms with E-state index >= 15 is 0 Å². The van der Waals surface area contributed by atoms with Crippen molar-refractivity contribution in [3.8, 4) is 0 Å². The Labute approximate surface area is 97.7 Å². The van der Waals surface area contributed by atoms with E-state index in [1.54, 1.807) is 0 Å². The molecule has 0 radical (unpaired) electrons. The van der Waals surface area contributed by atoms with Gasteiger partial charge >= 0.3 is 0 Å². The lowest BCUT2D eigenvalue weighted by Crippen LogP contribution is -2.38. The van der Waals surface area contributed by atoms with E-state index in [2.05, 4.69) is 36.0 Å². The Hall–Kier alpha value is -1.09. The smallest absolute Gasteiger partial charge is 0.128 e. The summed E-state index contributed by atoms with van der Waals surface area (Å²) < 4.78 is 0. The molecule has 0 saturated heterocycles. The van der Waals surface area contributed by atoms with Crippen molar-refractivity contribution in [2.45, 2.75) is 32.2 Å². The molecule has 0 aromatic carbocycles. The predicted molar refractivity (Wildman–Crippen MR) is 67.6 cm³/mol. The second-order valence-corrected chi connectivity index (χ2v) is 4.80. The first-order valence-corrected chi connectivity index (χ1v) is 6.08. The molecule has 16 heavy (non-hydrogen) atoms. The van der Waals surface area contributed by atoms with Crippen molar-refractivity contribution in [3.05, 3.63) is 23.9 Å². The van der Waals surface area contributed by atoms with Crippen molar-refractivity contribution < 1.29 is 0 Å². The molecule has 0 bridgehead atoms. The lowest BCUT2D eigenvalue weighted by Gasteiger charge is -2.30. The molecule has 1 saturated carbocycles. The molecule has 2 N–H and O–H groups in total. The minimum atomic E-state index is 0.570. The number of aromatic nitrogens is 1. The van der Waals surface area contributed by atoms with Crippen LogP contribution in [0.2, 0.25) is 0 Å². The van der Waals surface area contributed by atoms with Gasteiger partial charge in [-0.05, 0) is 43.9 Å². The van der Waals surface area contributed by atoms with Gasteiger partial charge in [0.2, 0.25) is 0 Å². The number of anilines is 1. The van der Waals surface area contributed by atoms with E-state index in [4.69, 9.17) is 5.73 Å². The lowest BCUT2D eigenvalue weighted by atomic mass is 10.0. The van der Waals surface area contributed by atoms with E-state index < -0.39 is 0 Å². The first-order valence-electron chi connectivity index (χ1n) is 6.08. The minimum absolute atomic E-state index is 0.570. The second-order valence-electron chi connectivity index (χ2n) is 4.80. The van der Waals surface area contributed by atoms with Crippen molar-refractivity contribution in [2.75, 3.05) is 18.5 Å². The molecule has 3 heteroatoms. The van der Waals surface area contributed by atoms with E-state index in [0.29, 0.717) is 12.0 Å². The van der Waals surface area contributed by atoms with Crippen LogP contribution in [-0.2, 0) is 0 Å². The Bertz CT molecular complexity index is 334. The van der Waals surface area contributed by atoms with Crippen LogP contribution in [0.5, 0.6) is 0 Å². The van der Waals surface area contributed by atoms with Crippen LogP contribution in [0.4, 0.5) is 5.82 Å². The largest absolute Gasteiger partial charge is 0.356 e. The SMILES string of the molecule is Cc1ccc(N(C)C2CCCC2CN)nc1. The first-order chi connectivity index (χ1) is 7.72. The van der Waals surface area contributed by atoms with E-state index in [1.807, 2.05) is 6.20 Å². The van der Waals surface area contributed by atoms with Gasteiger partial charge in [-0.15, -0.1) is 0 Å². The summed E-state index contributed by atoms with van der Waals surface area (Å²) >= 11 is 0. The van der Waals surface area contributed by atoms with Gasteiger partial charge in [0, 0.05) is 19.3 Å². The van der Waals surface area contributed by atoms with Gasteiger partial charge in [-0.1, -0.05) is 12.5 Å². The summed E-state index contributed by atoms with van der Waals surface area (Å²) in [7, 11) is 2.14. The highest BCUT2D eigenvalue weighted by molar-refractivity contribution is 5.40. The van der Waals surface area contributed by atoms with Gasteiger partial charge in [0.25, 0.3) is 0 Å². The maximum atomic E-state index is 5.82. The van der Waals surface area contributed by atoms with Crippen molar-refractivity contribution in [3.63, 3.8) is 0 Å². The van der Waals surface area contributed by atoms with Crippen LogP contribution in [0.1, 0.15) is 24.8 Å². The molecule has 1 aromatic rings. The van der Waals surface area contributed by atoms with Gasteiger partial charge in [0.15, 0.2) is 0 Å². The van der Waals surface area contributed by atoms with Gasteiger partial charge in [-0.2, -0.15) is 0 Å². The molecule has 0 spiro atoms. The number of rotatable bonds is 3. The van der Waals surface area contributed by atoms with Crippen LogP contribution >= 0.6 is 0 Å². The zero-order valence-electron chi connectivity index (χ0n) is 10.2. The van der Waals surface area contributed by atoms with Gasteiger partial charge < -0.3 is 10.6 Å². The summed E-state index contributed by atoms with van der Waals surface area (Å²) in [4.78, 5) is 6.77. The summed E-state index contributed by atoms with van der Waals surface area (Å²) in [5, 5.41) is 0. The molecule has 2 atom stereocenters. The maximum absolute atomic E-state index is 5.82. The number of hydrogen-bond donors (Lipinski definition) is 1. The van der Waals surface area contributed by atoms with Crippen LogP contribution in [0.15, 0.2) is 18.3 Å². The Morgan fingerprint density at radius 2 is 2.25 bits per heavy atom. The van der Waals surface area contributed by atoms with E-state index in [-0.39, 0.29) is 0 Å². The molecule has 88 valence electrons. The Kier molecular flexibility index (Phi) is 3.44. The molecule has 2 rings (SSSR count).